The summed E-state index contributed by atoms with van der Waals surface area (Å²) in [5.41, 5.74) is 5.26. The number of alkyl halides is 6. The van der Waals surface area contributed by atoms with Crippen LogP contribution < -0.4 is 10.4 Å². The van der Waals surface area contributed by atoms with E-state index < -0.39 is 44.3 Å². The number of halogens is 8. The van der Waals surface area contributed by atoms with Crippen LogP contribution in [0.3, 0.4) is 0 Å². The smallest absolute Gasteiger partial charge is 0.0920 e. The third-order valence-electron chi connectivity index (χ3n) is 9.14. The summed E-state index contributed by atoms with van der Waals surface area (Å²) in [5.74, 6) is 0. The summed E-state index contributed by atoms with van der Waals surface area (Å²) in [5, 5.41) is 5.82. The number of aryl methyl sites for hydroxylation is 2. The molecule has 0 aliphatic carbocycles. The van der Waals surface area contributed by atoms with Crippen molar-refractivity contribution >= 4 is 58.5 Å². The number of hydrogen-bond acceptors (Lipinski definition) is 0. The van der Waals surface area contributed by atoms with Crippen LogP contribution in [0, 0.1) is 19.9 Å². The van der Waals surface area contributed by atoms with Gasteiger partial charge >= 0.3 is 50.2 Å². The SMILES string of the molecule is Cc1cc2c(-c3ccccc3)c(C(F)(F)F)ccc2[cH-]1.Cc1cc2c(-c3ccccc3)c(C(F)(F)F)ccc2[cH-]1.[Cl][Zr][Cl].[c-]1cccc2c1[Si]c1ccccc1-2. The minimum absolute atomic E-state index is 0.267. The van der Waals surface area contributed by atoms with Crippen molar-refractivity contribution in [2.45, 2.75) is 26.2 Å². The van der Waals surface area contributed by atoms with Crippen molar-refractivity contribution in [3.63, 3.8) is 0 Å². The fourth-order valence-electron chi connectivity index (χ4n) is 6.89. The summed E-state index contributed by atoms with van der Waals surface area (Å²) in [6, 6.07) is 48.5. The zero-order valence-electron chi connectivity index (χ0n) is 30.0. The molecule has 0 amide bonds. The van der Waals surface area contributed by atoms with E-state index in [9.17, 15) is 26.3 Å². The molecule has 0 saturated heterocycles. The second-order valence-corrected chi connectivity index (χ2v) is 18.0. The van der Waals surface area contributed by atoms with E-state index in [1.54, 1.807) is 60.7 Å². The van der Waals surface area contributed by atoms with Crippen LogP contribution in [-0.2, 0) is 33.2 Å². The summed E-state index contributed by atoms with van der Waals surface area (Å²) >= 11 is -0.826. The molecule has 0 saturated carbocycles. The predicted octanol–water partition coefficient (Wildman–Crippen LogP) is 13.6. The van der Waals surface area contributed by atoms with Gasteiger partial charge in [-0.2, -0.15) is 67.9 Å². The molecule has 282 valence electrons. The maximum atomic E-state index is 13.3. The summed E-state index contributed by atoms with van der Waals surface area (Å²) in [6.45, 7) is 3.78. The van der Waals surface area contributed by atoms with Gasteiger partial charge in [-0.15, -0.1) is 62.5 Å². The van der Waals surface area contributed by atoms with E-state index >= 15 is 0 Å². The number of rotatable bonds is 2. The van der Waals surface area contributed by atoms with Crippen molar-refractivity contribution < 1.29 is 47.2 Å². The standard InChI is InChI=1S/2C17H12F3.C12H7Si.2ClH.Zr/c2*1-11-9-13-7-8-15(17(18,19)20)16(14(13)10-11)12-5-3-2-4-6-12;1-3-7-11-9(5-1)10-6-2-4-8-12(10)13-11;;;/h2*2-10H,1H3;1-7H;2*1H;/q3*-1;;;+2/p-2. The van der Waals surface area contributed by atoms with Gasteiger partial charge in [-0.3, -0.25) is 0 Å². The Balaban J connectivity index is 0.000000140. The molecule has 0 atom stereocenters. The van der Waals surface area contributed by atoms with E-state index in [1.807, 2.05) is 44.2 Å². The first kappa shape index (κ1) is 41.4. The Hall–Kier alpha value is -4.20. The molecule has 56 heavy (non-hydrogen) atoms. The zero-order chi connectivity index (χ0) is 40.0. The minimum Gasteiger partial charge on any atom is -0.184 e. The van der Waals surface area contributed by atoms with E-state index in [1.165, 1.54) is 45.8 Å². The Labute approximate surface area is 343 Å². The van der Waals surface area contributed by atoms with Crippen molar-refractivity contribution in [3.05, 3.63) is 180 Å². The minimum atomic E-state index is -4.36. The molecule has 8 aromatic carbocycles. The zero-order valence-corrected chi connectivity index (χ0v) is 34.9. The molecule has 1 aliphatic heterocycles. The van der Waals surface area contributed by atoms with E-state index in [0.717, 1.165) is 31.4 Å². The molecule has 0 unspecified atom stereocenters. The summed E-state index contributed by atoms with van der Waals surface area (Å²) in [4.78, 5) is 0. The fourth-order valence-corrected chi connectivity index (χ4v) is 8.20. The first-order valence-corrected chi connectivity index (χ1v) is 24.6. The van der Waals surface area contributed by atoms with E-state index in [0.29, 0.717) is 21.9 Å². The van der Waals surface area contributed by atoms with Crippen molar-refractivity contribution in [1.82, 2.24) is 0 Å². The molecule has 0 N–H and O–H groups in total. The second kappa shape index (κ2) is 17.9. The van der Waals surface area contributed by atoms with Gasteiger partial charge in [0.25, 0.3) is 0 Å². The largest absolute Gasteiger partial charge is 0.184 e. The molecule has 2 radical (unpaired) electrons. The summed E-state index contributed by atoms with van der Waals surface area (Å²) in [7, 11) is 10.7. The quantitative estimate of drug-likeness (QED) is 0.0922. The molecular weight excluding hydrogens is 857 g/mol. The Kier molecular flexibility index (Phi) is 13.3. The van der Waals surface area contributed by atoms with Crippen molar-refractivity contribution in [3.8, 4) is 33.4 Å². The third-order valence-corrected chi connectivity index (χ3v) is 10.5. The molecule has 0 bridgehead atoms. The van der Waals surface area contributed by atoms with Crippen LogP contribution in [0.25, 0.3) is 54.9 Å². The monoisotopic (exact) mass is 885 g/mol. The van der Waals surface area contributed by atoms with Crippen LogP contribution in [0.2, 0.25) is 0 Å². The van der Waals surface area contributed by atoms with Crippen molar-refractivity contribution in [1.29, 1.82) is 0 Å². The van der Waals surface area contributed by atoms with Crippen LogP contribution in [0.5, 0.6) is 0 Å². The molecule has 1 heterocycles. The van der Waals surface area contributed by atoms with Gasteiger partial charge in [-0.05, 0) is 11.1 Å². The van der Waals surface area contributed by atoms with Crippen molar-refractivity contribution in [2.24, 2.45) is 0 Å². The fraction of sp³-hybridized carbons (Fsp3) is 0.0870. The van der Waals surface area contributed by atoms with Crippen LogP contribution in [0.15, 0.2) is 152 Å². The molecule has 1 aliphatic rings. The normalized spacial score (nSPS) is 11.7. The topological polar surface area (TPSA) is 0 Å². The van der Waals surface area contributed by atoms with Gasteiger partial charge in [0.2, 0.25) is 0 Å². The Morgan fingerprint density at radius 3 is 1.45 bits per heavy atom. The van der Waals surface area contributed by atoms with E-state index in [-0.39, 0.29) is 11.1 Å². The number of hydrogen-bond donors (Lipinski definition) is 0. The Bertz CT molecular complexity index is 2380. The average molecular weight is 888 g/mol. The van der Waals surface area contributed by atoms with Crippen LogP contribution in [0.1, 0.15) is 22.3 Å². The van der Waals surface area contributed by atoms with Crippen LogP contribution in [0.4, 0.5) is 26.3 Å². The number of benzene rings is 6. The molecule has 8 aromatic rings. The predicted molar refractivity (Wildman–Crippen MR) is 217 cm³/mol. The first-order chi connectivity index (χ1) is 26.8. The van der Waals surface area contributed by atoms with Gasteiger partial charge in [0, 0.05) is 11.1 Å². The van der Waals surface area contributed by atoms with E-state index in [4.69, 9.17) is 17.0 Å². The van der Waals surface area contributed by atoms with E-state index in [2.05, 4.69) is 42.5 Å². The molecule has 0 fully saturated rings. The van der Waals surface area contributed by atoms with Gasteiger partial charge in [-0.25, -0.2) is 0 Å². The maximum absolute atomic E-state index is 13.3. The summed E-state index contributed by atoms with van der Waals surface area (Å²) in [6.07, 6.45) is -8.71. The first-order valence-electron chi connectivity index (χ1n) is 17.3. The Morgan fingerprint density at radius 1 is 0.554 bits per heavy atom. The molecule has 10 heteroatoms. The van der Waals surface area contributed by atoms with Crippen LogP contribution in [-0.4, -0.2) is 9.52 Å². The second-order valence-electron chi connectivity index (χ2n) is 13.0. The molecule has 0 nitrogen and oxygen atoms in total. The van der Waals surface area contributed by atoms with Gasteiger partial charge in [-0.1, -0.05) is 133 Å². The average Bonchev–Trinajstić information content (AvgIpc) is 3.88. The van der Waals surface area contributed by atoms with Crippen molar-refractivity contribution in [2.75, 3.05) is 0 Å². The Morgan fingerprint density at radius 2 is 0.982 bits per heavy atom. The van der Waals surface area contributed by atoms with Crippen LogP contribution >= 0.6 is 17.0 Å². The molecule has 9 rings (SSSR count). The molecule has 0 spiro atoms. The summed E-state index contributed by atoms with van der Waals surface area (Å²) < 4.78 is 79.6. The molecular formula is C46H31Cl2F6SiZr-3. The third kappa shape index (κ3) is 9.49. The maximum Gasteiger partial charge on any atom is 0.0920 e. The van der Waals surface area contributed by atoms with Gasteiger partial charge in [0.1, 0.15) is 0 Å². The number of fused-ring (bicyclic) bond motifs is 5. The van der Waals surface area contributed by atoms with Gasteiger partial charge in [0.05, 0.1) is 9.52 Å². The van der Waals surface area contributed by atoms with Gasteiger partial charge in [0.15, 0.2) is 0 Å². The van der Waals surface area contributed by atoms with Gasteiger partial charge < -0.3 is 0 Å². The molecule has 0 aromatic heterocycles.